The minimum absolute atomic E-state index is 0.102. The number of aryl methyl sites for hydroxylation is 1. The van der Waals surface area contributed by atoms with Crippen LogP contribution in [0.25, 0.3) is 10.2 Å². The number of benzene rings is 2. The Balaban J connectivity index is 2.13. The van der Waals surface area contributed by atoms with Crippen LogP contribution in [-0.4, -0.2) is 9.91 Å². The summed E-state index contributed by atoms with van der Waals surface area (Å²) in [7, 11) is 0. The van der Waals surface area contributed by atoms with Crippen molar-refractivity contribution in [3.63, 3.8) is 0 Å². The van der Waals surface area contributed by atoms with Gasteiger partial charge >= 0.3 is 5.69 Å². The number of para-hydroxylation sites is 2. The molecule has 7 heteroatoms. The summed E-state index contributed by atoms with van der Waals surface area (Å²) in [5.74, 6) is 0.516. The average molecular weight is 301 g/mol. The molecule has 0 radical (unpaired) electrons. The summed E-state index contributed by atoms with van der Waals surface area (Å²) in [6, 6.07) is 9.91. The third-order valence-electron chi connectivity index (χ3n) is 2.91. The van der Waals surface area contributed by atoms with Gasteiger partial charge in [0, 0.05) is 12.1 Å². The molecule has 106 valence electrons. The normalized spacial score (nSPS) is 10.7. The molecule has 21 heavy (non-hydrogen) atoms. The maximum Gasteiger partial charge on any atom is 0.313 e. The van der Waals surface area contributed by atoms with Gasteiger partial charge in [-0.25, -0.2) is 4.98 Å². The molecule has 0 fully saturated rings. The lowest BCUT2D eigenvalue weighted by Gasteiger charge is -2.08. The Bertz CT molecular complexity index is 845. The molecule has 1 aromatic heterocycles. The SMILES string of the molecule is Cc1nc2cc(Oc3ccccc3N)c([N+](=O)[O-])cc2s1. The van der Waals surface area contributed by atoms with Gasteiger partial charge in [0.1, 0.15) is 0 Å². The van der Waals surface area contributed by atoms with Crippen LogP contribution >= 0.6 is 11.3 Å². The first kappa shape index (κ1) is 13.3. The van der Waals surface area contributed by atoms with Gasteiger partial charge in [0.15, 0.2) is 5.75 Å². The molecule has 0 aliphatic heterocycles. The lowest BCUT2D eigenvalue weighted by Crippen LogP contribution is -1.96. The molecule has 0 saturated carbocycles. The largest absolute Gasteiger partial charge is 0.448 e. The number of ether oxygens (including phenoxy) is 1. The van der Waals surface area contributed by atoms with Crippen molar-refractivity contribution in [2.45, 2.75) is 6.92 Å². The first-order chi connectivity index (χ1) is 10.0. The first-order valence-corrected chi connectivity index (χ1v) is 6.94. The minimum Gasteiger partial charge on any atom is -0.448 e. The highest BCUT2D eigenvalue weighted by molar-refractivity contribution is 7.18. The molecule has 0 atom stereocenters. The highest BCUT2D eigenvalue weighted by atomic mass is 32.1. The van der Waals surface area contributed by atoms with Crippen LogP contribution in [-0.2, 0) is 0 Å². The number of nitrogens with zero attached hydrogens (tertiary/aromatic N) is 2. The van der Waals surface area contributed by atoms with Crippen molar-refractivity contribution < 1.29 is 9.66 Å². The maximum absolute atomic E-state index is 11.2. The van der Waals surface area contributed by atoms with Crippen molar-refractivity contribution in [1.29, 1.82) is 0 Å². The fourth-order valence-corrected chi connectivity index (χ4v) is 2.82. The van der Waals surface area contributed by atoms with E-state index in [2.05, 4.69) is 4.98 Å². The summed E-state index contributed by atoms with van der Waals surface area (Å²) in [5, 5.41) is 12.1. The zero-order valence-electron chi connectivity index (χ0n) is 11.1. The third-order valence-corrected chi connectivity index (χ3v) is 3.85. The number of fused-ring (bicyclic) bond motifs is 1. The molecular formula is C14H11N3O3S. The summed E-state index contributed by atoms with van der Waals surface area (Å²) >= 11 is 1.41. The predicted molar refractivity (Wildman–Crippen MR) is 81.9 cm³/mol. The topological polar surface area (TPSA) is 91.3 Å². The third kappa shape index (κ3) is 2.50. The molecule has 0 saturated heterocycles. The van der Waals surface area contributed by atoms with Crippen LogP contribution in [0.1, 0.15) is 5.01 Å². The summed E-state index contributed by atoms with van der Waals surface area (Å²) in [6.07, 6.45) is 0. The van der Waals surface area contributed by atoms with E-state index in [1.54, 1.807) is 30.3 Å². The Morgan fingerprint density at radius 2 is 2.05 bits per heavy atom. The van der Waals surface area contributed by atoms with E-state index in [1.807, 2.05) is 6.92 Å². The number of hydrogen-bond acceptors (Lipinski definition) is 6. The second kappa shape index (κ2) is 5.02. The summed E-state index contributed by atoms with van der Waals surface area (Å²) in [4.78, 5) is 15.1. The predicted octanol–water partition coefficient (Wildman–Crippen LogP) is 3.89. The molecule has 0 aliphatic carbocycles. The first-order valence-electron chi connectivity index (χ1n) is 6.12. The van der Waals surface area contributed by atoms with Crippen molar-refractivity contribution in [3.8, 4) is 11.5 Å². The molecule has 0 aliphatic rings. The van der Waals surface area contributed by atoms with Gasteiger partial charge in [0.05, 0.1) is 25.8 Å². The molecule has 3 rings (SSSR count). The van der Waals surface area contributed by atoms with E-state index in [9.17, 15) is 10.1 Å². The van der Waals surface area contributed by atoms with Gasteiger partial charge in [-0.1, -0.05) is 12.1 Å². The zero-order chi connectivity index (χ0) is 15.0. The van der Waals surface area contributed by atoms with Crippen molar-refractivity contribution >= 4 is 32.9 Å². The standard InChI is InChI=1S/C14H11N3O3S/c1-8-16-10-6-13(11(17(18)19)7-14(10)21-8)20-12-5-3-2-4-9(12)15/h2-7H,15H2,1H3. The molecular weight excluding hydrogens is 290 g/mol. The summed E-state index contributed by atoms with van der Waals surface area (Å²) in [6.45, 7) is 1.85. The van der Waals surface area contributed by atoms with E-state index in [-0.39, 0.29) is 11.4 Å². The van der Waals surface area contributed by atoms with Gasteiger partial charge in [-0.2, -0.15) is 0 Å². The number of nitrogen functional groups attached to an aromatic ring is 1. The number of nitro groups is 1. The van der Waals surface area contributed by atoms with Crippen LogP contribution in [0.4, 0.5) is 11.4 Å². The Morgan fingerprint density at radius 3 is 2.76 bits per heavy atom. The van der Waals surface area contributed by atoms with E-state index in [0.717, 1.165) is 9.71 Å². The number of nitro benzene ring substituents is 1. The van der Waals surface area contributed by atoms with Crippen LogP contribution in [0.5, 0.6) is 11.5 Å². The highest BCUT2D eigenvalue weighted by Crippen LogP contribution is 2.38. The molecule has 2 aromatic carbocycles. The monoisotopic (exact) mass is 301 g/mol. The summed E-state index contributed by atoms with van der Waals surface area (Å²) < 4.78 is 6.37. The average Bonchev–Trinajstić information content (AvgIpc) is 2.79. The van der Waals surface area contributed by atoms with Crippen LogP contribution in [0.15, 0.2) is 36.4 Å². The molecule has 2 N–H and O–H groups in total. The van der Waals surface area contributed by atoms with Crippen LogP contribution in [0.2, 0.25) is 0 Å². The fraction of sp³-hybridized carbons (Fsp3) is 0.0714. The van der Waals surface area contributed by atoms with Gasteiger partial charge in [-0.3, -0.25) is 10.1 Å². The van der Waals surface area contributed by atoms with E-state index in [1.165, 1.54) is 17.4 Å². The van der Waals surface area contributed by atoms with Gasteiger partial charge < -0.3 is 10.5 Å². The number of hydrogen-bond donors (Lipinski definition) is 1. The lowest BCUT2D eigenvalue weighted by molar-refractivity contribution is -0.385. The van der Waals surface area contributed by atoms with Crippen molar-refractivity contribution in [3.05, 3.63) is 51.5 Å². The highest BCUT2D eigenvalue weighted by Gasteiger charge is 2.19. The molecule has 0 spiro atoms. The Labute approximate surface area is 124 Å². The van der Waals surface area contributed by atoms with Crippen LogP contribution in [0.3, 0.4) is 0 Å². The minimum atomic E-state index is -0.469. The number of rotatable bonds is 3. The van der Waals surface area contributed by atoms with Crippen LogP contribution < -0.4 is 10.5 Å². The fourth-order valence-electron chi connectivity index (χ4n) is 1.98. The second-order valence-electron chi connectivity index (χ2n) is 4.42. The molecule has 0 bridgehead atoms. The number of thiazole rings is 1. The number of anilines is 1. The van der Waals surface area contributed by atoms with Crippen molar-refractivity contribution in [2.24, 2.45) is 0 Å². The van der Waals surface area contributed by atoms with Crippen molar-refractivity contribution in [2.75, 3.05) is 5.73 Å². The molecule has 3 aromatic rings. The van der Waals surface area contributed by atoms with Gasteiger partial charge in [-0.05, 0) is 19.1 Å². The molecule has 0 unspecified atom stereocenters. The van der Waals surface area contributed by atoms with E-state index < -0.39 is 4.92 Å². The molecule has 1 heterocycles. The number of aromatic nitrogens is 1. The molecule has 6 nitrogen and oxygen atoms in total. The van der Waals surface area contributed by atoms with E-state index >= 15 is 0 Å². The van der Waals surface area contributed by atoms with E-state index in [0.29, 0.717) is 17.0 Å². The zero-order valence-corrected chi connectivity index (χ0v) is 11.9. The van der Waals surface area contributed by atoms with E-state index in [4.69, 9.17) is 10.5 Å². The van der Waals surface area contributed by atoms with Gasteiger partial charge in [0.2, 0.25) is 5.75 Å². The smallest absolute Gasteiger partial charge is 0.313 e. The van der Waals surface area contributed by atoms with Gasteiger partial charge in [-0.15, -0.1) is 11.3 Å². The Hall–Kier alpha value is -2.67. The Morgan fingerprint density at radius 1 is 1.29 bits per heavy atom. The number of nitrogens with two attached hydrogens (primary N) is 1. The lowest BCUT2D eigenvalue weighted by atomic mass is 10.2. The van der Waals surface area contributed by atoms with Gasteiger partial charge in [0.25, 0.3) is 0 Å². The quantitative estimate of drug-likeness (QED) is 0.450. The second-order valence-corrected chi connectivity index (χ2v) is 5.65. The molecule has 0 amide bonds. The Kier molecular flexibility index (Phi) is 3.19. The summed E-state index contributed by atoms with van der Waals surface area (Å²) in [5.41, 5.74) is 6.79. The maximum atomic E-state index is 11.2. The van der Waals surface area contributed by atoms with Crippen molar-refractivity contribution in [1.82, 2.24) is 4.98 Å². The van der Waals surface area contributed by atoms with Crippen LogP contribution in [0, 0.1) is 17.0 Å².